The van der Waals surface area contributed by atoms with Gasteiger partial charge >= 0.3 is 0 Å². The van der Waals surface area contributed by atoms with Crippen molar-refractivity contribution >= 4 is 5.91 Å². The molecular weight excluding hydrogens is 883 g/mol. The van der Waals surface area contributed by atoms with Gasteiger partial charge in [-0.2, -0.15) is 0 Å². The summed E-state index contributed by atoms with van der Waals surface area (Å²) in [5.74, 6) is -0.713. The zero-order valence-corrected chi connectivity index (χ0v) is 45.0. The van der Waals surface area contributed by atoms with Crippen LogP contribution in [-0.4, -0.2) is 110 Å². The first-order valence-electron chi connectivity index (χ1n) is 29.4. The Balaban J connectivity index is 2.25. The first kappa shape index (κ1) is 66.3. The summed E-state index contributed by atoms with van der Waals surface area (Å²) in [5, 5.41) is 75.9. The predicted molar refractivity (Wildman–Crippen MR) is 289 cm³/mol. The molecule has 0 bridgehead atoms. The highest BCUT2D eigenvalue weighted by Gasteiger charge is 2.44. The summed E-state index contributed by atoms with van der Waals surface area (Å²) in [4.78, 5) is 13.1. The number of aliphatic hydroxyl groups excluding tert-OH is 7. The van der Waals surface area contributed by atoms with Crippen LogP contribution in [-0.2, 0) is 14.3 Å². The van der Waals surface area contributed by atoms with Crippen molar-refractivity contribution in [3.63, 3.8) is 0 Å². The maximum atomic E-state index is 13.1. The van der Waals surface area contributed by atoms with Crippen LogP contribution in [0.15, 0.2) is 36.5 Å². The number of carbonyl (C=O) groups is 1. The molecule has 1 rings (SSSR count). The smallest absolute Gasteiger partial charge is 0.249 e. The Morgan fingerprint density at radius 2 is 0.857 bits per heavy atom. The number of hydrogen-bond donors (Lipinski definition) is 8. The van der Waals surface area contributed by atoms with Crippen LogP contribution in [0.5, 0.6) is 0 Å². The van der Waals surface area contributed by atoms with Crippen molar-refractivity contribution in [2.45, 2.75) is 319 Å². The lowest BCUT2D eigenvalue weighted by atomic mass is 9.98. The van der Waals surface area contributed by atoms with Crippen molar-refractivity contribution in [1.29, 1.82) is 0 Å². The summed E-state index contributed by atoms with van der Waals surface area (Å²) in [6.07, 6.45) is 48.1. The second-order valence-electron chi connectivity index (χ2n) is 20.7. The molecule has 8 N–H and O–H groups in total. The van der Waals surface area contributed by atoms with E-state index in [2.05, 4.69) is 55.6 Å². The van der Waals surface area contributed by atoms with Crippen molar-refractivity contribution < 1.29 is 50.0 Å². The molecule has 0 aromatic rings. The maximum absolute atomic E-state index is 13.1. The zero-order chi connectivity index (χ0) is 51.1. The van der Waals surface area contributed by atoms with E-state index >= 15 is 0 Å². The number of nitrogens with one attached hydrogen (secondary N) is 1. The average molecular weight is 995 g/mol. The van der Waals surface area contributed by atoms with E-state index in [0.717, 1.165) is 44.9 Å². The van der Waals surface area contributed by atoms with Crippen molar-refractivity contribution in [3.05, 3.63) is 36.5 Å². The Kier molecular flexibility index (Phi) is 45.8. The number of allylic oxidation sites excluding steroid dienone is 6. The van der Waals surface area contributed by atoms with Crippen molar-refractivity contribution in [1.82, 2.24) is 5.32 Å². The van der Waals surface area contributed by atoms with E-state index in [0.29, 0.717) is 19.3 Å². The lowest BCUT2D eigenvalue weighted by Gasteiger charge is -2.40. The Hall–Kier alpha value is -1.67. The number of unbranched alkanes of at least 4 members (excludes halogenated alkanes) is 32. The second-order valence-corrected chi connectivity index (χ2v) is 20.7. The molecule has 1 amide bonds. The van der Waals surface area contributed by atoms with Gasteiger partial charge in [0.2, 0.25) is 5.91 Å². The number of hydrogen-bond acceptors (Lipinski definition) is 10. The Bertz CT molecular complexity index is 1230. The molecule has 1 aliphatic rings. The van der Waals surface area contributed by atoms with E-state index in [9.17, 15) is 40.5 Å². The minimum Gasteiger partial charge on any atom is -0.394 e. The first-order chi connectivity index (χ1) is 34.2. The standard InChI is InChI=1S/C59H111NO10/c1-3-5-7-9-11-13-15-16-17-18-19-20-21-22-23-24-25-26-27-28-29-30-31-32-33-34-35-37-38-40-42-44-46-51(62)54(64)50(49-69-59-57(67)56(66)55(65)53(48-61)70-59)60-58(68)52(63)47-45-43-41-39-36-14-12-10-8-6-4-2/h29-30,33-34,38,40,50-57,59,61-67H,3-28,31-32,35-37,39,41-49H2,1-2H3,(H,60,68)/b30-29+,34-33+,40-38+. The average Bonchev–Trinajstić information content (AvgIpc) is 3.36. The second kappa shape index (κ2) is 48.3. The molecular formula is C59H111NO10. The van der Waals surface area contributed by atoms with Crippen molar-refractivity contribution in [2.24, 2.45) is 0 Å². The fourth-order valence-corrected chi connectivity index (χ4v) is 9.36. The van der Waals surface area contributed by atoms with Crippen LogP contribution in [0.4, 0.5) is 0 Å². The van der Waals surface area contributed by atoms with E-state index in [-0.39, 0.29) is 12.8 Å². The number of carbonyl (C=O) groups excluding carboxylic acids is 1. The molecule has 0 radical (unpaired) electrons. The lowest BCUT2D eigenvalue weighted by Crippen LogP contribution is -2.60. The Morgan fingerprint density at radius 3 is 1.27 bits per heavy atom. The monoisotopic (exact) mass is 994 g/mol. The van der Waals surface area contributed by atoms with Gasteiger partial charge in [-0.25, -0.2) is 0 Å². The van der Waals surface area contributed by atoms with Crippen LogP contribution < -0.4 is 5.32 Å². The fourth-order valence-electron chi connectivity index (χ4n) is 9.36. The molecule has 11 heteroatoms. The minimum absolute atomic E-state index is 0.242. The fraction of sp³-hybridized carbons (Fsp3) is 0.881. The van der Waals surface area contributed by atoms with E-state index in [4.69, 9.17) is 9.47 Å². The van der Waals surface area contributed by atoms with E-state index in [1.54, 1.807) is 0 Å². The third kappa shape index (κ3) is 36.3. The van der Waals surface area contributed by atoms with Crippen molar-refractivity contribution in [3.8, 4) is 0 Å². The lowest BCUT2D eigenvalue weighted by molar-refractivity contribution is -0.303. The molecule has 1 heterocycles. The van der Waals surface area contributed by atoms with Gasteiger partial charge in [-0.3, -0.25) is 4.79 Å². The van der Waals surface area contributed by atoms with Crippen LogP contribution >= 0.6 is 0 Å². The van der Waals surface area contributed by atoms with Gasteiger partial charge in [0.15, 0.2) is 6.29 Å². The topological polar surface area (TPSA) is 189 Å². The molecule has 0 saturated carbocycles. The van der Waals surface area contributed by atoms with E-state index in [1.165, 1.54) is 173 Å². The summed E-state index contributed by atoms with van der Waals surface area (Å²) < 4.78 is 11.1. The van der Waals surface area contributed by atoms with Crippen LogP contribution in [0.3, 0.4) is 0 Å². The normalized spacial score (nSPS) is 20.5. The third-order valence-corrected chi connectivity index (χ3v) is 14.2. The van der Waals surface area contributed by atoms with Gasteiger partial charge in [-0.05, 0) is 64.2 Å². The molecule has 9 unspecified atom stereocenters. The summed E-state index contributed by atoms with van der Waals surface area (Å²) >= 11 is 0. The summed E-state index contributed by atoms with van der Waals surface area (Å²) in [6.45, 7) is 3.43. The molecule has 70 heavy (non-hydrogen) atoms. The molecule has 0 spiro atoms. The third-order valence-electron chi connectivity index (χ3n) is 14.2. The Morgan fingerprint density at radius 1 is 0.486 bits per heavy atom. The number of aliphatic hydroxyl groups is 7. The van der Waals surface area contributed by atoms with Crippen molar-refractivity contribution in [2.75, 3.05) is 13.2 Å². The van der Waals surface area contributed by atoms with Crippen LogP contribution in [0.2, 0.25) is 0 Å². The SMILES string of the molecule is CCCCCCCCCCCCCCCCCCCCC/C=C/CC/C=C/CC/C=C/CCCC(O)C(O)C(COC1OC(CO)C(O)C(O)C1O)NC(=O)C(O)CCCCCCCCCCCCC. The number of ether oxygens (including phenoxy) is 2. The minimum atomic E-state index is -1.67. The van der Waals surface area contributed by atoms with Crippen LogP contribution in [0.1, 0.15) is 264 Å². The maximum Gasteiger partial charge on any atom is 0.249 e. The molecule has 0 aromatic heterocycles. The van der Waals surface area contributed by atoms with Gasteiger partial charge in [-0.1, -0.05) is 237 Å². The highest BCUT2D eigenvalue weighted by Crippen LogP contribution is 2.23. The Labute approximate surface area is 428 Å². The molecule has 9 atom stereocenters. The number of amides is 1. The molecule has 11 nitrogen and oxygen atoms in total. The molecule has 1 aliphatic heterocycles. The molecule has 1 saturated heterocycles. The van der Waals surface area contributed by atoms with Gasteiger partial charge in [-0.15, -0.1) is 0 Å². The predicted octanol–water partition coefficient (Wildman–Crippen LogP) is 12.3. The van der Waals surface area contributed by atoms with Gasteiger partial charge < -0.3 is 50.5 Å². The van der Waals surface area contributed by atoms with Gasteiger partial charge in [0, 0.05) is 0 Å². The zero-order valence-electron chi connectivity index (χ0n) is 45.0. The summed E-state index contributed by atoms with van der Waals surface area (Å²) in [7, 11) is 0. The van der Waals surface area contributed by atoms with Gasteiger partial charge in [0.05, 0.1) is 25.4 Å². The molecule has 1 fully saturated rings. The number of rotatable bonds is 50. The summed E-state index contributed by atoms with van der Waals surface area (Å²) in [5.41, 5.74) is 0. The molecule has 0 aliphatic carbocycles. The highest BCUT2D eigenvalue weighted by molar-refractivity contribution is 5.80. The molecule has 0 aromatic carbocycles. The highest BCUT2D eigenvalue weighted by atomic mass is 16.7. The van der Waals surface area contributed by atoms with E-state index < -0.39 is 74.2 Å². The van der Waals surface area contributed by atoms with Gasteiger partial charge in [0.1, 0.15) is 36.6 Å². The van der Waals surface area contributed by atoms with Gasteiger partial charge in [0.25, 0.3) is 0 Å². The molecule has 412 valence electrons. The first-order valence-corrected chi connectivity index (χ1v) is 29.4. The van der Waals surface area contributed by atoms with Crippen LogP contribution in [0, 0.1) is 0 Å². The van der Waals surface area contributed by atoms with Crippen LogP contribution in [0.25, 0.3) is 0 Å². The quantitative estimate of drug-likeness (QED) is 0.0215. The van der Waals surface area contributed by atoms with E-state index in [1.807, 2.05) is 0 Å². The largest absolute Gasteiger partial charge is 0.394 e. The summed E-state index contributed by atoms with van der Waals surface area (Å²) in [6, 6.07) is -1.19.